The number of nitrogens with two attached hydrogens (primary N) is 1. The van der Waals surface area contributed by atoms with E-state index in [-0.39, 0.29) is 10.8 Å². The average molecular weight is 455 g/mol. The van der Waals surface area contributed by atoms with Crippen LogP contribution in [-0.4, -0.2) is 39.3 Å². The van der Waals surface area contributed by atoms with Crippen molar-refractivity contribution in [2.24, 2.45) is 5.14 Å². The second-order valence-electron chi connectivity index (χ2n) is 6.63. The van der Waals surface area contributed by atoms with Crippen molar-refractivity contribution in [1.82, 2.24) is 19.7 Å². The Morgan fingerprint density at radius 2 is 1.90 bits per heavy atom. The van der Waals surface area contributed by atoms with E-state index >= 15 is 0 Å². The molecule has 0 radical (unpaired) electrons. The minimum atomic E-state index is -3.86. The van der Waals surface area contributed by atoms with Crippen LogP contribution >= 0.6 is 11.8 Å². The minimum absolute atomic E-state index is 0.0727. The number of benzene rings is 2. The third-order valence-corrected chi connectivity index (χ3v) is 6.44. The average Bonchev–Trinajstić information content (AvgIpc) is 3.19. The number of rotatable bonds is 6. The molecule has 0 spiro atoms. The van der Waals surface area contributed by atoms with E-state index in [9.17, 15) is 13.2 Å². The summed E-state index contributed by atoms with van der Waals surface area (Å²) in [4.78, 5) is 21.2. The highest BCUT2D eigenvalue weighted by atomic mass is 32.2. The summed E-state index contributed by atoms with van der Waals surface area (Å²) in [5.74, 6) is -0.307. The van der Waals surface area contributed by atoms with Crippen molar-refractivity contribution < 1.29 is 13.2 Å². The number of nitrogens with one attached hydrogen (secondary N) is 1. The van der Waals surface area contributed by atoms with Crippen molar-refractivity contribution in [2.75, 3.05) is 5.32 Å². The molecule has 1 unspecified atom stereocenters. The van der Waals surface area contributed by atoms with Gasteiger partial charge in [0.1, 0.15) is 11.4 Å². The van der Waals surface area contributed by atoms with E-state index in [0.29, 0.717) is 16.4 Å². The highest BCUT2D eigenvalue weighted by Crippen LogP contribution is 2.29. The fourth-order valence-electron chi connectivity index (χ4n) is 2.89. The Morgan fingerprint density at radius 3 is 2.65 bits per heavy atom. The van der Waals surface area contributed by atoms with Crippen molar-refractivity contribution in [3.8, 4) is 5.69 Å². The molecule has 31 heavy (non-hydrogen) atoms. The molecule has 4 aromatic rings. The molecule has 1 atom stereocenters. The lowest BCUT2D eigenvalue weighted by Crippen LogP contribution is -2.23. The molecule has 2 heterocycles. The van der Waals surface area contributed by atoms with E-state index in [1.807, 2.05) is 30.3 Å². The summed E-state index contributed by atoms with van der Waals surface area (Å²) >= 11 is 1.26. The Bertz CT molecular complexity index is 1360. The summed E-state index contributed by atoms with van der Waals surface area (Å²) in [7, 11) is -3.86. The lowest BCUT2D eigenvalue weighted by Gasteiger charge is -2.12. The molecule has 0 saturated heterocycles. The van der Waals surface area contributed by atoms with Gasteiger partial charge in [-0.25, -0.2) is 28.2 Å². The third-order valence-electron chi connectivity index (χ3n) is 4.42. The predicted molar refractivity (Wildman–Crippen MR) is 118 cm³/mol. The number of para-hydroxylation sites is 1. The maximum Gasteiger partial charge on any atom is 0.238 e. The van der Waals surface area contributed by atoms with Gasteiger partial charge in [0.2, 0.25) is 15.9 Å². The highest BCUT2D eigenvalue weighted by Gasteiger charge is 2.19. The van der Waals surface area contributed by atoms with Gasteiger partial charge in [-0.05, 0) is 37.3 Å². The Morgan fingerprint density at radius 1 is 1.13 bits per heavy atom. The Hall–Kier alpha value is -3.28. The standard InChI is InChI=1S/C20H18N6O3S2/c1-13(19(27)25-14-6-5-9-16(10-14)31(21,28)29)30-20-17-11-24-26(18(17)22-12-23-20)15-7-3-2-4-8-15/h2-13H,1H3,(H,25,27)(H2,21,28,29). The number of anilines is 1. The Labute approximate surface area is 182 Å². The van der Waals surface area contributed by atoms with Gasteiger partial charge in [0.25, 0.3) is 0 Å². The normalized spacial score (nSPS) is 12.6. The SMILES string of the molecule is CC(Sc1ncnc2c1cnn2-c1ccccc1)C(=O)Nc1cccc(S(N)(=O)=O)c1. The van der Waals surface area contributed by atoms with Gasteiger partial charge < -0.3 is 5.32 Å². The Balaban J connectivity index is 1.54. The van der Waals surface area contributed by atoms with Gasteiger partial charge in [-0.15, -0.1) is 0 Å². The maximum absolute atomic E-state index is 12.7. The Kier molecular flexibility index (Phi) is 5.72. The van der Waals surface area contributed by atoms with Crippen LogP contribution in [0.3, 0.4) is 0 Å². The van der Waals surface area contributed by atoms with Crippen LogP contribution in [0.2, 0.25) is 0 Å². The summed E-state index contributed by atoms with van der Waals surface area (Å²) in [6.45, 7) is 1.74. The number of hydrogen-bond acceptors (Lipinski definition) is 7. The monoisotopic (exact) mass is 454 g/mol. The van der Waals surface area contributed by atoms with Gasteiger partial charge in [-0.2, -0.15) is 5.10 Å². The zero-order valence-corrected chi connectivity index (χ0v) is 18.0. The van der Waals surface area contributed by atoms with Gasteiger partial charge in [0.15, 0.2) is 5.65 Å². The quantitative estimate of drug-likeness (QED) is 0.338. The molecular weight excluding hydrogens is 436 g/mol. The van der Waals surface area contributed by atoms with Crippen molar-refractivity contribution in [3.63, 3.8) is 0 Å². The van der Waals surface area contributed by atoms with Gasteiger partial charge >= 0.3 is 0 Å². The zero-order chi connectivity index (χ0) is 22.0. The van der Waals surface area contributed by atoms with E-state index in [1.54, 1.807) is 23.9 Å². The first-order valence-corrected chi connectivity index (χ1v) is 11.6. The van der Waals surface area contributed by atoms with Crippen LogP contribution in [0.4, 0.5) is 5.69 Å². The number of nitrogens with zero attached hydrogens (tertiary/aromatic N) is 4. The zero-order valence-electron chi connectivity index (χ0n) is 16.3. The van der Waals surface area contributed by atoms with Crippen LogP contribution in [0.5, 0.6) is 0 Å². The van der Waals surface area contributed by atoms with Crippen LogP contribution in [0, 0.1) is 0 Å². The molecular formula is C20H18N6O3S2. The lowest BCUT2D eigenvalue weighted by atomic mass is 10.3. The molecule has 0 aliphatic carbocycles. The molecule has 1 amide bonds. The van der Waals surface area contributed by atoms with Crippen LogP contribution in [-0.2, 0) is 14.8 Å². The lowest BCUT2D eigenvalue weighted by molar-refractivity contribution is -0.115. The number of fused-ring (bicyclic) bond motifs is 1. The van der Waals surface area contributed by atoms with Crippen LogP contribution < -0.4 is 10.5 Å². The van der Waals surface area contributed by atoms with Crippen LogP contribution in [0.15, 0.2) is 77.0 Å². The summed E-state index contributed by atoms with van der Waals surface area (Å²) < 4.78 is 24.7. The number of aromatic nitrogens is 4. The number of sulfonamides is 1. The van der Waals surface area contributed by atoms with Gasteiger partial charge in [0.05, 0.1) is 27.4 Å². The summed E-state index contributed by atoms with van der Waals surface area (Å²) in [6.07, 6.45) is 3.11. The molecule has 4 rings (SSSR count). The number of amides is 1. The van der Waals surface area contributed by atoms with Crippen LogP contribution in [0.25, 0.3) is 16.7 Å². The number of primary sulfonamides is 1. The first-order valence-electron chi connectivity index (χ1n) is 9.17. The van der Waals surface area contributed by atoms with Gasteiger partial charge in [-0.3, -0.25) is 4.79 Å². The van der Waals surface area contributed by atoms with E-state index in [1.165, 1.54) is 36.3 Å². The van der Waals surface area contributed by atoms with Crippen molar-refractivity contribution in [2.45, 2.75) is 22.1 Å². The van der Waals surface area contributed by atoms with E-state index in [4.69, 9.17) is 5.14 Å². The first kappa shape index (κ1) is 21.0. The van der Waals surface area contributed by atoms with Crippen molar-refractivity contribution >= 4 is 44.4 Å². The molecule has 0 bridgehead atoms. The maximum atomic E-state index is 12.7. The molecule has 11 heteroatoms. The van der Waals surface area contributed by atoms with Crippen LogP contribution in [0.1, 0.15) is 6.92 Å². The summed E-state index contributed by atoms with van der Waals surface area (Å²) in [5.41, 5.74) is 1.85. The van der Waals surface area contributed by atoms with Gasteiger partial charge in [-0.1, -0.05) is 36.0 Å². The van der Waals surface area contributed by atoms with Crippen molar-refractivity contribution in [1.29, 1.82) is 0 Å². The molecule has 0 aliphatic heterocycles. The molecule has 158 valence electrons. The second kappa shape index (κ2) is 8.46. The number of carbonyl (C=O) groups is 1. The smallest absolute Gasteiger partial charge is 0.238 e. The number of carbonyl (C=O) groups excluding carboxylic acids is 1. The fourth-order valence-corrected chi connectivity index (χ4v) is 4.33. The molecule has 0 saturated carbocycles. The molecule has 9 nitrogen and oxygen atoms in total. The van der Waals surface area contributed by atoms with Crippen molar-refractivity contribution in [3.05, 3.63) is 67.1 Å². The van der Waals surface area contributed by atoms with E-state index in [2.05, 4.69) is 20.4 Å². The highest BCUT2D eigenvalue weighted by molar-refractivity contribution is 8.00. The molecule has 3 N–H and O–H groups in total. The van der Waals surface area contributed by atoms with E-state index < -0.39 is 15.3 Å². The van der Waals surface area contributed by atoms with Gasteiger partial charge in [0, 0.05) is 5.69 Å². The third kappa shape index (κ3) is 4.58. The molecule has 2 aromatic carbocycles. The minimum Gasteiger partial charge on any atom is -0.325 e. The summed E-state index contributed by atoms with van der Waals surface area (Å²) in [6, 6.07) is 15.4. The van der Waals surface area contributed by atoms with E-state index in [0.717, 1.165) is 11.1 Å². The molecule has 0 fully saturated rings. The fraction of sp³-hybridized carbons (Fsp3) is 0.100. The number of hydrogen-bond donors (Lipinski definition) is 2. The molecule has 2 aromatic heterocycles. The predicted octanol–water partition coefficient (Wildman–Crippen LogP) is 2.58. The molecule has 0 aliphatic rings. The summed E-state index contributed by atoms with van der Waals surface area (Å²) in [5, 5.41) is 13.1. The largest absolute Gasteiger partial charge is 0.325 e. The number of thioether (sulfide) groups is 1. The first-order chi connectivity index (χ1) is 14.8. The topological polar surface area (TPSA) is 133 Å². The second-order valence-corrected chi connectivity index (χ2v) is 9.52.